The molecule has 0 aliphatic rings. The lowest BCUT2D eigenvalue weighted by Gasteiger charge is -2.15. The van der Waals surface area contributed by atoms with Gasteiger partial charge in [-0.25, -0.2) is 8.78 Å². The van der Waals surface area contributed by atoms with Crippen molar-refractivity contribution in [3.8, 4) is 0 Å². The van der Waals surface area contributed by atoms with Crippen molar-refractivity contribution >= 4 is 15.9 Å². The van der Waals surface area contributed by atoms with Gasteiger partial charge in [0.15, 0.2) is 0 Å². The zero-order chi connectivity index (χ0) is 9.90. The zero-order valence-corrected chi connectivity index (χ0v) is 8.68. The third-order valence-electron chi connectivity index (χ3n) is 1.43. The Hall–Kier alpha value is -0.490. The third-order valence-corrected chi connectivity index (χ3v) is 1.84. The van der Waals surface area contributed by atoms with Crippen LogP contribution in [0.15, 0.2) is 16.9 Å². The normalized spacial score (nSPS) is 12.0. The zero-order valence-electron chi connectivity index (χ0n) is 7.10. The number of hydrogen-bond donors (Lipinski definition) is 1. The molecular formula is C7H10BrF2N3. The number of hydrogen-bond acceptors (Lipinski definition) is 2. The summed E-state index contributed by atoms with van der Waals surface area (Å²) in [7, 11) is 1.49. The molecule has 0 unspecified atom stereocenters. The van der Waals surface area contributed by atoms with E-state index in [1.165, 1.54) is 24.1 Å². The fourth-order valence-electron chi connectivity index (χ4n) is 0.976. The second-order valence-electron chi connectivity index (χ2n) is 2.74. The first-order chi connectivity index (χ1) is 6.03. The topological polar surface area (TPSA) is 29.9 Å². The van der Waals surface area contributed by atoms with Gasteiger partial charge in [0.1, 0.15) is 6.54 Å². The highest BCUT2D eigenvalue weighted by molar-refractivity contribution is 9.10. The molecule has 0 amide bonds. The molecule has 0 aliphatic heterocycles. The van der Waals surface area contributed by atoms with Gasteiger partial charge in [-0.05, 0) is 23.0 Å². The monoisotopic (exact) mass is 253 g/mol. The molecule has 74 valence electrons. The quantitative estimate of drug-likeness (QED) is 0.882. The van der Waals surface area contributed by atoms with Crippen molar-refractivity contribution in [2.24, 2.45) is 0 Å². The number of halogens is 3. The lowest BCUT2D eigenvalue weighted by atomic mass is 10.3. The maximum absolute atomic E-state index is 13.0. The number of nitrogens with zero attached hydrogens (tertiary/aromatic N) is 2. The summed E-state index contributed by atoms with van der Waals surface area (Å²) in [5.74, 6) is -2.76. The highest BCUT2D eigenvalue weighted by Crippen LogP contribution is 2.16. The van der Waals surface area contributed by atoms with Crippen LogP contribution in [0.1, 0.15) is 0 Å². The van der Waals surface area contributed by atoms with Crippen molar-refractivity contribution in [3.63, 3.8) is 0 Å². The van der Waals surface area contributed by atoms with Crippen LogP contribution in [0.2, 0.25) is 0 Å². The van der Waals surface area contributed by atoms with Crippen LogP contribution in [-0.4, -0.2) is 29.3 Å². The van der Waals surface area contributed by atoms with Gasteiger partial charge in [-0.1, -0.05) is 0 Å². The van der Waals surface area contributed by atoms with Crippen LogP contribution in [-0.2, 0) is 6.54 Å². The summed E-state index contributed by atoms with van der Waals surface area (Å²) in [6, 6.07) is 0. The van der Waals surface area contributed by atoms with Gasteiger partial charge >= 0.3 is 0 Å². The summed E-state index contributed by atoms with van der Waals surface area (Å²) in [4.78, 5) is 0. The summed E-state index contributed by atoms with van der Waals surface area (Å²) in [6.07, 6.45) is 3.00. The van der Waals surface area contributed by atoms with Crippen LogP contribution in [0, 0.1) is 0 Å². The molecule has 0 spiro atoms. The largest absolute Gasteiger partial charge is 0.314 e. The van der Waals surface area contributed by atoms with E-state index in [1.54, 1.807) is 0 Å². The van der Waals surface area contributed by atoms with E-state index in [0.717, 1.165) is 0 Å². The molecule has 0 radical (unpaired) electrons. The summed E-state index contributed by atoms with van der Waals surface area (Å²) >= 11 is 3.13. The molecule has 0 aliphatic carbocycles. The van der Waals surface area contributed by atoms with Crippen LogP contribution in [0.4, 0.5) is 8.78 Å². The Morgan fingerprint density at radius 1 is 1.69 bits per heavy atom. The molecule has 0 atom stereocenters. The van der Waals surface area contributed by atoms with E-state index < -0.39 is 12.5 Å². The van der Waals surface area contributed by atoms with Crippen LogP contribution >= 0.6 is 15.9 Å². The van der Waals surface area contributed by atoms with E-state index >= 15 is 0 Å². The maximum Gasteiger partial charge on any atom is 0.279 e. The van der Waals surface area contributed by atoms with Crippen molar-refractivity contribution < 1.29 is 8.78 Å². The number of aromatic nitrogens is 2. The molecule has 1 rings (SSSR count). The average molecular weight is 254 g/mol. The molecule has 0 aromatic carbocycles. The first-order valence-corrected chi connectivity index (χ1v) is 4.53. The Labute approximate surface area is 83.2 Å². The van der Waals surface area contributed by atoms with E-state index in [4.69, 9.17) is 0 Å². The molecule has 1 aromatic rings. The summed E-state index contributed by atoms with van der Waals surface area (Å²) in [5.41, 5.74) is 0. The second kappa shape index (κ2) is 4.15. The molecule has 3 nitrogen and oxygen atoms in total. The summed E-state index contributed by atoms with van der Waals surface area (Å²) in [6.45, 7) is -0.746. The van der Waals surface area contributed by atoms with Gasteiger partial charge in [0, 0.05) is 6.20 Å². The highest BCUT2D eigenvalue weighted by Gasteiger charge is 2.28. The van der Waals surface area contributed by atoms with Crippen molar-refractivity contribution in [3.05, 3.63) is 16.9 Å². The number of nitrogens with one attached hydrogen (secondary N) is 1. The van der Waals surface area contributed by atoms with Crippen LogP contribution in [0.25, 0.3) is 0 Å². The molecule has 0 saturated heterocycles. The smallest absolute Gasteiger partial charge is 0.279 e. The Bertz CT molecular complexity index is 274. The van der Waals surface area contributed by atoms with Gasteiger partial charge in [0.2, 0.25) is 0 Å². The molecule has 1 N–H and O–H groups in total. The lowest BCUT2D eigenvalue weighted by Crippen LogP contribution is -2.34. The van der Waals surface area contributed by atoms with Crippen molar-refractivity contribution in [1.29, 1.82) is 0 Å². The first kappa shape index (κ1) is 10.6. The van der Waals surface area contributed by atoms with Crippen LogP contribution < -0.4 is 5.32 Å². The van der Waals surface area contributed by atoms with Gasteiger partial charge in [-0.3, -0.25) is 4.68 Å². The van der Waals surface area contributed by atoms with E-state index in [0.29, 0.717) is 4.47 Å². The lowest BCUT2D eigenvalue weighted by molar-refractivity contribution is -0.0162. The first-order valence-electron chi connectivity index (χ1n) is 3.74. The van der Waals surface area contributed by atoms with Crippen LogP contribution in [0.5, 0.6) is 0 Å². The van der Waals surface area contributed by atoms with Gasteiger partial charge < -0.3 is 5.32 Å². The number of rotatable bonds is 4. The molecule has 0 saturated carbocycles. The van der Waals surface area contributed by atoms with Gasteiger partial charge in [0.05, 0.1) is 17.2 Å². The van der Waals surface area contributed by atoms with Gasteiger partial charge in [0.25, 0.3) is 5.92 Å². The molecule has 1 heterocycles. The minimum atomic E-state index is -2.76. The van der Waals surface area contributed by atoms with Crippen molar-refractivity contribution in [1.82, 2.24) is 15.1 Å². The van der Waals surface area contributed by atoms with Crippen molar-refractivity contribution in [2.45, 2.75) is 12.5 Å². The molecular weight excluding hydrogens is 244 g/mol. The van der Waals surface area contributed by atoms with E-state index in [-0.39, 0.29) is 6.54 Å². The standard InChI is InChI=1S/C7H10BrF2N3/c1-11-4-7(9,10)5-13-3-6(8)2-12-13/h2-3,11H,4-5H2,1H3. The Morgan fingerprint density at radius 3 is 2.85 bits per heavy atom. The third kappa shape index (κ3) is 3.40. The fourth-order valence-corrected chi connectivity index (χ4v) is 1.30. The SMILES string of the molecule is CNCC(F)(F)Cn1cc(Br)cn1. The molecule has 1 aromatic heterocycles. The Balaban J connectivity index is 2.57. The summed E-state index contributed by atoms with van der Waals surface area (Å²) < 4.78 is 27.9. The average Bonchev–Trinajstić information content (AvgIpc) is 2.34. The second-order valence-corrected chi connectivity index (χ2v) is 3.66. The molecule has 13 heavy (non-hydrogen) atoms. The van der Waals surface area contributed by atoms with Crippen LogP contribution in [0.3, 0.4) is 0 Å². The van der Waals surface area contributed by atoms with E-state index in [2.05, 4.69) is 26.3 Å². The minimum Gasteiger partial charge on any atom is -0.314 e. The predicted molar refractivity (Wildman–Crippen MR) is 48.8 cm³/mol. The van der Waals surface area contributed by atoms with E-state index in [1.807, 2.05) is 0 Å². The fraction of sp³-hybridized carbons (Fsp3) is 0.571. The number of alkyl halides is 2. The minimum absolute atomic E-state index is 0.343. The predicted octanol–water partition coefficient (Wildman–Crippen LogP) is 1.50. The van der Waals surface area contributed by atoms with Crippen molar-refractivity contribution in [2.75, 3.05) is 13.6 Å². The molecule has 6 heteroatoms. The Morgan fingerprint density at radius 2 is 2.38 bits per heavy atom. The summed E-state index contributed by atoms with van der Waals surface area (Å²) in [5, 5.41) is 6.18. The maximum atomic E-state index is 13.0. The highest BCUT2D eigenvalue weighted by atomic mass is 79.9. The van der Waals surface area contributed by atoms with E-state index in [9.17, 15) is 8.78 Å². The molecule has 0 bridgehead atoms. The van der Waals surface area contributed by atoms with Gasteiger partial charge in [-0.15, -0.1) is 0 Å². The molecule has 0 fully saturated rings. The van der Waals surface area contributed by atoms with Gasteiger partial charge in [-0.2, -0.15) is 5.10 Å². The Kier molecular flexibility index (Phi) is 3.38.